The van der Waals surface area contributed by atoms with Gasteiger partial charge in [0.15, 0.2) is 0 Å². The molecule has 0 heterocycles. The van der Waals surface area contributed by atoms with Gasteiger partial charge in [-0.1, -0.05) is 80.4 Å². The van der Waals surface area contributed by atoms with Crippen LogP contribution in [0.25, 0.3) is 10.8 Å². The number of rotatable bonds is 2. The zero-order valence-corrected chi connectivity index (χ0v) is 15.2. The Labute approximate surface area is 142 Å². The van der Waals surface area contributed by atoms with Gasteiger partial charge in [0.2, 0.25) is 0 Å². The van der Waals surface area contributed by atoms with Gasteiger partial charge in [-0.25, -0.2) is 0 Å². The number of halogens is 2. The molecule has 1 unspecified atom stereocenters. The van der Waals surface area contributed by atoms with E-state index in [0.717, 1.165) is 4.47 Å². The topological polar surface area (TPSA) is 0 Å². The second-order valence-electron chi connectivity index (χ2n) is 5.35. The second kappa shape index (κ2) is 5.94. The van der Waals surface area contributed by atoms with Crippen molar-refractivity contribution in [1.82, 2.24) is 0 Å². The Balaban J connectivity index is 2.23. The number of aryl methyl sites for hydroxylation is 2. The summed E-state index contributed by atoms with van der Waals surface area (Å²) in [6, 6.07) is 19.4. The highest BCUT2D eigenvalue weighted by atomic mass is 79.9. The molecule has 0 radical (unpaired) electrons. The molecule has 0 aliphatic heterocycles. The molecule has 3 aromatic carbocycles. The van der Waals surface area contributed by atoms with Gasteiger partial charge in [0.1, 0.15) is 0 Å². The van der Waals surface area contributed by atoms with Crippen LogP contribution in [0.1, 0.15) is 27.1 Å². The van der Waals surface area contributed by atoms with E-state index in [9.17, 15) is 0 Å². The van der Waals surface area contributed by atoms with Crippen LogP contribution in [-0.4, -0.2) is 0 Å². The molecule has 0 saturated carbocycles. The summed E-state index contributed by atoms with van der Waals surface area (Å²) in [5, 5.41) is 2.54. The third-order valence-electron chi connectivity index (χ3n) is 3.97. The maximum atomic E-state index is 3.93. The zero-order valence-electron chi connectivity index (χ0n) is 12.0. The number of hydrogen-bond donors (Lipinski definition) is 0. The molecule has 0 spiro atoms. The lowest BCUT2D eigenvalue weighted by atomic mass is 9.93. The molecule has 0 amide bonds. The Morgan fingerprint density at radius 2 is 1.38 bits per heavy atom. The van der Waals surface area contributed by atoms with Gasteiger partial charge in [0, 0.05) is 4.47 Å². The third-order valence-corrected chi connectivity index (χ3v) is 5.62. The Hall–Kier alpha value is -1.12. The number of alkyl halides is 1. The molecule has 0 nitrogen and oxygen atoms in total. The van der Waals surface area contributed by atoms with Crippen LogP contribution in [0.3, 0.4) is 0 Å². The van der Waals surface area contributed by atoms with Crippen LogP contribution in [0.15, 0.2) is 59.1 Å². The van der Waals surface area contributed by atoms with Crippen molar-refractivity contribution in [1.29, 1.82) is 0 Å². The van der Waals surface area contributed by atoms with Crippen LogP contribution in [0.5, 0.6) is 0 Å². The summed E-state index contributed by atoms with van der Waals surface area (Å²) in [4.78, 5) is 0.205. The molecule has 1 atom stereocenters. The lowest BCUT2D eigenvalue weighted by Crippen LogP contribution is -2.00. The molecule has 106 valence electrons. The quantitative estimate of drug-likeness (QED) is 0.417. The summed E-state index contributed by atoms with van der Waals surface area (Å²) in [5.41, 5.74) is 5.32. The zero-order chi connectivity index (χ0) is 15.0. The van der Waals surface area contributed by atoms with Gasteiger partial charge >= 0.3 is 0 Å². The van der Waals surface area contributed by atoms with Crippen LogP contribution >= 0.6 is 31.9 Å². The van der Waals surface area contributed by atoms with E-state index >= 15 is 0 Å². The van der Waals surface area contributed by atoms with Crippen LogP contribution in [0, 0.1) is 13.8 Å². The Bertz CT molecular complexity index is 786. The highest BCUT2D eigenvalue weighted by Crippen LogP contribution is 2.39. The fraction of sp³-hybridized carbons (Fsp3) is 0.158. The van der Waals surface area contributed by atoms with Gasteiger partial charge in [-0.3, -0.25) is 0 Å². The van der Waals surface area contributed by atoms with E-state index in [1.54, 1.807) is 0 Å². The Kier molecular flexibility index (Phi) is 4.19. The average Bonchev–Trinajstić information content (AvgIpc) is 2.47. The average molecular weight is 404 g/mol. The molecular weight excluding hydrogens is 388 g/mol. The molecule has 0 saturated heterocycles. The molecule has 21 heavy (non-hydrogen) atoms. The maximum absolute atomic E-state index is 3.93. The first-order valence-electron chi connectivity index (χ1n) is 6.97. The number of fused-ring (bicyclic) bond motifs is 1. The second-order valence-corrected chi connectivity index (χ2v) is 7.12. The molecule has 0 fully saturated rings. The van der Waals surface area contributed by atoms with E-state index in [4.69, 9.17) is 0 Å². The van der Waals surface area contributed by atoms with Gasteiger partial charge < -0.3 is 0 Å². The summed E-state index contributed by atoms with van der Waals surface area (Å²) in [6.07, 6.45) is 0. The van der Waals surface area contributed by atoms with E-state index in [0.29, 0.717) is 0 Å². The van der Waals surface area contributed by atoms with E-state index in [-0.39, 0.29) is 4.83 Å². The van der Waals surface area contributed by atoms with E-state index < -0.39 is 0 Å². The van der Waals surface area contributed by atoms with Crippen LogP contribution < -0.4 is 0 Å². The van der Waals surface area contributed by atoms with Gasteiger partial charge in [0.05, 0.1) is 4.83 Å². The first-order chi connectivity index (χ1) is 10.1. The fourth-order valence-corrected chi connectivity index (χ4v) is 4.49. The summed E-state index contributed by atoms with van der Waals surface area (Å²) in [7, 11) is 0. The minimum Gasteiger partial charge on any atom is -0.0786 e. The SMILES string of the molecule is Cc1cccc(C)c1C(Br)c1ccc(Br)c2ccccc12. The van der Waals surface area contributed by atoms with Crippen molar-refractivity contribution in [2.24, 2.45) is 0 Å². The lowest BCUT2D eigenvalue weighted by Gasteiger charge is -2.19. The van der Waals surface area contributed by atoms with Crippen LogP contribution in [0.4, 0.5) is 0 Å². The van der Waals surface area contributed by atoms with Crippen LogP contribution in [-0.2, 0) is 0 Å². The smallest absolute Gasteiger partial charge is 0.0655 e. The molecule has 0 aliphatic rings. The molecule has 0 aliphatic carbocycles. The monoisotopic (exact) mass is 402 g/mol. The predicted octanol–water partition coefficient (Wildman–Crippen LogP) is 6.70. The number of hydrogen-bond acceptors (Lipinski definition) is 0. The van der Waals surface area contributed by atoms with Crippen molar-refractivity contribution >= 4 is 42.6 Å². The van der Waals surface area contributed by atoms with Crippen molar-refractivity contribution in [3.63, 3.8) is 0 Å². The highest BCUT2D eigenvalue weighted by Gasteiger charge is 2.17. The molecule has 3 rings (SSSR count). The van der Waals surface area contributed by atoms with Crippen molar-refractivity contribution < 1.29 is 0 Å². The molecule has 2 heteroatoms. The standard InChI is InChI=1S/C19H16Br2/c1-12-6-5-7-13(2)18(12)19(21)16-10-11-17(20)15-9-4-3-8-14(15)16/h3-11,19H,1-2H3. The summed E-state index contributed by atoms with van der Waals surface area (Å²) >= 11 is 7.58. The van der Waals surface area contributed by atoms with Gasteiger partial charge in [-0.05, 0) is 52.9 Å². The van der Waals surface area contributed by atoms with Crippen molar-refractivity contribution in [3.05, 3.63) is 81.3 Å². The predicted molar refractivity (Wildman–Crippen MR) is 98.3 cm³/mol. The molecular formula is C19H16Br2. The highest BCUT2D eigenvalue weighted by molar-refractivity contribution is 9.10. The first kappa shape index (κ1) is 14.8. The molecule has 3 aromatic rings. The van der Waals surface area contributed by atoms with E-state index in [1.807, 2.05) is 0 Å². The minimum absolute atomic E-state index is 0.205. The third kappa shape index (κ3) is 2.67. The molecule has 0 N–H and O–H groups in total. The summed E-state index contributed by atoms with van der Waals surface area (Å²) in [6.45, 7) is 4.36. The Morgan fingerprint density at radius 3 is 2.05 bits per heavy atom. The molecule has 0 bridgehead atoms. The van der Waals surface area contributed by atoms with Gasteiger partial charge in [-0.15, -0.1) is 0 Å². The maximum Gasteiger partial charge on any atom is 0.0655 e. The summed E-state index contributed by atoms with van der Waals surface area (Å²) < 4.78 is 1.14. The Morgan fingerprint density at radius 1 is 0.762 bits per heavy atom. The lowest BCUT2D eigenvalue weighted by molar-refractivity contribution is 1.12. The van der Waals surface area contributed by atoms with Crippen molar-refractivity contribution in [3.8, 4) is 0 Å². The van der Waals surface area contributed by atoms with Crippen LogP contribution in [0.2, 0.25) is 0 Å². The fourth-order valence-electron chi connectivity index (χ4n) is 2.89. The first-order valence-corrected chi connectivity index (χ1v) is 8.68. The largest absolute Gasteiger partial charge is 0.0786 e. The normalized spacial score (nSPS) is 12.6. The van der Waals surface area contributed by atoms with E-state index in [2.05, 4.69) is 100 Å². The summed E-state index contributed by atoms with van der Waals surface area (Å²) in [5.74, 6) is 0. The van der Waals surface area contributed by atoms with E-state index in [1.165, 1.54) is 33.0 Å². The van der Waals surface area contributed by atoms with Crippen molar-refractivity contribution in [2.75, 3.05) is 0 Å². The van der Waals surface area contributed by atoms with Gasteiger partial charge in [0.25, 0.3) is 0 Å². The minimum atomic E-state index is 0.205. The molecule has 0 aromatic heterocycles. The van der Waals surface area contributed by atoms with Crippen molar-refractivity contribution in [2.45, 2.75) is 18.7 Å². The van der Waals surface area contributed by atoms with Gasteiger partial charge in [-0.2, -0.15) is 0 Å². The number of benzene rings is 3.